The highest BCUT2D eigenvalue weighted by Crippen LogP contribution is 1.99. The van der Waals surface area contributed by atoms with Crippen LogP contribution in [0.2, 0.25) is 0 Å². The molecule has 0 aliphatic heterocycles. The number of hydrogen-bond donors (Lipinski definition) is 1. The molecule has 0 aliphatic carbocycles. The minimum absolute atomic E-state index is 0.719. The van der Waals surface area contributed by atoms with E-state index in [0.717, 1.165) is 18.9 Å². The van der Waals surface area contributed by atoms with Gasteiger partial charge < -0.3 is 4.90 Å². The Balaban J connectivity index is 3.62. The number of nitrogens with one attached hydrogen (secondary N) is 1. The van der Waals surface area contributed by atoms with Crippen molar-refractivity contribution in [3.63, 3.8) is 0 Å². The molecule has 0 aromatic rings. The molecule has 0 heterocycles. The van der Waals surface area contributed by atoms with Gasteiger partial charge in [0.1, 0.15) is 0 Å². The Morgan fingerprint density at radius 2 is 1.50 bits per heavy atom. The van der Waals surface area contributed by atoms with Crippen molar-refractivity contribution in [2.24, 2.45) is 0 Å². The van der Waals surface area contributed by atoms with E-state index in [1.807, 2.05) is 6.92 Å². The first-order chi connectivity index (χ1) is 5.72. The van der Waals surface area contributed by atoms with E-state index in [2.05, 4.69) is 18.7 Å². The highest BCUT2D eigenvalue weighted by atomic mass is 15.2. The van der Waals surface area contributed by atoms with Gasteiger partial charge in [-0.05, 0) is 19.8 Å². The topological polar surface area (TPSA) is 27.1 Å². The lowest BCUT2D eigenvalue weighted by molar-refractivity contribution is 0.394. The van der Waals surface area contributed by atoms with Gasteiger partial charge in [-0.3, -0.25) is 5.41 Å². The van der Waals surface area contributed by atoms with Crippen molar-refractivity contribution >= 4 is 5.84 Å². The Kier molecular flexibility index (Phi) is 6.82. The van der Waals surface area contributed by atoms with Crippen LogP contribution in [0.5, 0.6) is 0 Å². The number of amidine groups is 1. The lowest BCUT2D eigenvalue weighted by atomic mass is 10.2. The van der Waals surface area contributed by atoms with Crippen molar-refractivity contribution in [3.8, 4) is 0 Å². The van der Waals surface area contributed by atoms with Crippen LogP contribution >= 0.6 is 0 Å². The summed E-state index contributed by atoms with van der Waals surface area (Å²) < 4.78 is 0. The summed E-state index contributed by atoms with van der Waals surface area (Å²) in [7, 11) is 0. The largest absolute Gasteiger partial charge is 0.361 e. The summed E-state index contributed by atoms with van der Waals surface area (Å²) in [6.07, 6.45) is 4.85. The quantitative estimate of drug-likeness (QED) is 0.481. The van der Waals surface area contributed by atoms with Gasteiger partial charge in [-0.25, -0.2) is 0 Å². The van der Waals surface area contributed by atoms with Crippen molar-refractivity contribution in [1.29, 1.82) is 5.41 Å². The molecule has 0 fully saturated rings. The summed E-state index contributed by atoms with van der Waals surface area (Å²) in [4.78, 5) is 2.17. The van der Waals surface area contributed by atoms with E-state index in [-0.39, 0.29) is 0 Å². The molecule has 0 saturated heterocycles. The fraction of sp³-hybridized carbons (Fsp3) is 0.900. The minimum Gasteiger partial charge on any atom is -0.361 e. The van der Waals surface area contributed by atoms with Crippen LogP contribution in [0.25, 0.3) is 0 Å². The molecule has 2 nitrogen and oxygen atoms in total. The van der Waals surface area contributed by atoms with E-state index in [0.29, 0.717) is 0 Å². The Morgan fingerprint density at radius 3 is 1.75 bits per heavy atom. The van der Waals surface area contributed by atoms with Gasteiger partial charge in [0.15, 0.2) is 0 Å². The molecule has 0 radical (unpaired) electrons. The van der Waals surface area contributed by atoms with E-state index in [1.54, 1.807) is 0 Å². The molecule has 2 heteroatoms. The van der Waals surface area contributed by atoms with Crippen LogP contribution < -0.4 is 0 Å². The van der Waals surface area contributed by atoms with Crippen molar-refractivity contribution < 1.29 is 0 Å². The highest BCUT2D eigenvalue weighted by Gasteiger charge is 2.02. The van der Waals surface area contributed by atoms with Crippen molar-refractivity contribution in [2.45, 2.75) is 46.5 Å². The number of unbranched alkanes of at least 4 members (excludes halogenated alkanes) is 2. The van der Waals surface area contributed by atoms with Crippen LogP contribution in [0.4, 0.5) is 0 Å². The Hall–Kier alpha value is -0.530. The molecule has 0 spiro atoms. The van der Waals surface area contributed by atoms with E-state index in [9.17, 15) is 0 Å². The standard InChI is InChI=1S/C10H22N2/c1-4-6-8-12(10(3)11)9-7-5-2/h11H,4-9H2,1-3H3. The van der Waals surface area contributed by atoms with Crippen molar-refractivity contribution in [2.75, 3.05) is 13.1 Å². The van der Waals surface area contributed by atoms with Crippen LogP contribution in [0, 0.1) is 5.41 Å². The Morgan fingerprint density at radius 1 is 1.08 bits per heavy atom. The molecular formula is C10H22N2. The summed E-state index contributed by atoms with van der Waals surface area (Å²) in [6, 6.07) is 0. The molecule has 0 saturated carbocycles. The second-order valence-electron chi connectivity index (χ2n) is 3.28. The summed E-state index contributed by atoms with van der Waals surface area (Å²) >= 11 is 0. The molecule has 1 N–H and O–H groups in total. The van der Waals surface area contributed by atoms with Gasteiger partial charge in [0.25, 0.3) is 0 Å². The first-order valence-corrected chi connectivity index (χ1v) is 5.02. The van der Waals surface area contributed by atoms with E-state index >= 15 is 0 Å². The normalized spacial score (nSPS) is 9.92. The van der Waals surface area contributed by atoms with Crippen LogP contribution in [-0.4, -0.2) is 23.8 Å². The second kappa shape index (κ2) is 7.14. The molecule has 0 aromatic heterocycles. The summed E-state index contributed by atoms with van der Waals surface area (Å²) in [5.74, 6) is 0.719. The maximum atomic E-state index is 7.53. The molecule has 0 unspecified atom stereocenters. The third-order valence-electron chi connectivity index (χ3n) is 2.04. The summed E-state index contributed by atoms with van der Waals surface area (Å²) in [5.41, 5.74) is 0. The molecular weight excluding hydrogens is 148 g/mol. The van der Waals surface area contributed by atoms with Gasteiger partial charge in [-0.1, -0.05) is 26.7 Å². The predicted octanol–water partition coefficient (Wildman–Crippen LogP) is 2.89. The van der Waals surface area contributed by atoms with Crippen LogP contribution in [0.1, 0.15) is 46.5 Å². The van der Waals surface area contributed by atoms with Gasteiger partial charge in [-0.15, -0.1) is 0 Å². The first-order valence-electron chi connectivity index (χ1n) is 5.02. The van der Waals surface area contributed by atoms with Crippen molar-refractivity contribution in [3.05, 3.63) is 0 Å². The maximum absolute atomic E-state index is 7.53. The van der Waals surface area contributed by atoms with Crippen LogP contribution in [-0.2, 0) is 0 Å². The number of rotatable bonds is 6. The maximum Gasteiger partial charge on any atom is 0.0925 e. The zero-order valence-corrected chi connectivity index (χ0v) is 8.69. The SMILES string of the molecule is CCCCN(CCCC)C(C)=N. The lowest BCUT2D eigenvalue weighted by Crippen LogP contribution is -2.30. The van der Waals surface area contributed by atoms with Crippen LogP contribution in [0.3, 0.4) is 0 Å². The smallest absolute Gasteiger partial charge is 0.0925 e. The van der Waals surface area contributed by atoms with Crippen molar-refractivity contribution in [1.82, 2.24) is 4.90 Å². The lowest BCUT2D eigenvalue weighted by Gasteiger charge is -2.22. The third kappa shape index (κ3) is 5.16. The average molecular weight is 170 g/mol. The van der Waals surface area contributed by atoms with Crippen LogP contribution in [0.15, 0.2) is 0 Å². The number of nitrogens with zero attached hydrogens (tertiary/aromatic N) is 1. The molecule has 0 aliphatic rings. The van der Waals surface area contributed by atoms with E-state index < -0.39 is 0 Å². The third-order valence-corrected chi connectivity index (χ3v) is 2.04. The number of hydrogen-bond acceptors (Lipinski definition) is 1. The summed E-state index contributed by atoms with van der Waals surface area (Å²) in [5, 5.41) is 7.53. The highest BCUT2D eigenvalue weighted by molar-refractivity contribution is 5.76. The predicted molar refractivity (Wildman–Crippen MR) is 54.8 cm³/mol. The van der Waals surface area contributed by atoms with Gasteiger partial charge in [0.05, 0.1) is 5.84 Å². The van der Waals surface area contributed by atoms with Gasteiger partial charge in [-0.2, -0.15) is 0 Å². The second-order valence-corrected chi connectivity index (χ2v) is 3.28. The minimum atomic E-state index is 0.719. The molecule has 0 rings (SSSR count). The molecule has 0 amide bonds. The van der Waals surface area contributed by atoms with Gasteiger partial charge in [0.2, 0.25) is 0 Å². The van der Waals surface area contributed by atoms with Gasteiger partial charge in [0, 0.05) is 13.1 Å². The first kappa shape index (κ1) is 11.5. The van der Waals surface area contributed by atoms with E-state index in [4.69, 9.17) is 5.41 Å². The zero-order chi connectivity index (χ0) is 9.40. The Bertz CT molecular complexity index is 113. The fourth-order valence-electron chi connectivity index (χ4n) is 1.15. The fourth-order valence-corrected chi connectivity index (χ4v) is 1.15. The van der Waals surface area contributed by atoms with E-state index in [1.165, 1.54) is 25.7 Å². The zero-order valence-electron chi connectivity index (χ0n) is 8.69. The Labute approximate surface area is 76.5 Å². The average Bonchev–Trinajstić information content (AvgIpc) is 2.04. The molecule has 0 atom stereocenters. The summed E-state index contributed by atoms with van der Waals surface area (Å²) in [6.45, 7) is 8.39. The molecule has 0 bridgehead atoms. The molecule has 12 heavy (non-hydrogen) atoms. The molecule has 72 valence electrons. The monoisotopic (exact) mass is 170 g/mol. The van der Waals surface area contributed by atoms with Gasteiger partial charge >= 0.3 is 0 Å². The molecule has 0 aromatic carbocycles.